The molecular weight excluding hydrogens is 418 g/mol. The second kappa shape index (κ2) is 6.36. The minimum absolute atomic E-state index is 0.0590. The maximum absolute atomic E-state index is 13.3. The van der Waals surface area contributed by atoms with E-state index in [1.807, 2.05) is 0 Å². The third-order valence-electron chi connectivity index (χ3n) is 6.52. The van der Waals surface area contributed by atoms with E-state index in [-0.39, 0.29) is 49.6 Å². The highest BCUT2D eigenvalue weighted by Gasteiger charge is 2.45. The lowest BCUT2D eigenvalue weighted by molar-refractivity contribution is -0.172. The molecule has 3 aliphatic rings. The van der Waals surface area contributed by atoms with Gasteiger partial charge in [-0.25, -0.2) is 9.78 Å². The fourth-order valence-electron chi connectivity index (χ4n) is 4.80. The van der Waals surface area contributed by atoms with E-state index in [4.69, 9.17) is 19.2 Å². The molecule has 1 aromatic carbocycles. The van der Waals surface area contributed by atoms with Gasteiger partial charge in [0.25, 0.3) is 5.56 Å². The average molecular weight is 435 g/mol. The molecule has 0 amide bonds. The van der Waals surface area contributed by atoms with Crippen LogP contribution in [0.15, 0.2) is 28.2 Å². The van der Waals surface area contributed by atoms with Gasteiger partial charge in [-0.15, -0.1) is 0 Å². The molecule has 0 fully saturated rings. The smallest absolute Gasteiger partial charge is 0.343 e. The van der Waals surface area contributed by atoms with E-state index in [1.54, 1.807) is 25.1 Å². The molecule has 32 heavy (non-hydrogen) atoms. The molecule has 0 aliphatic carbocycles. The van der Waals surface area contributed by atoms with Crippen LogP contribution in [0, 0.1) is 4.91 Å². The topological polar surface area (TPSA) is 129 Å². The number of aliphatic hydroxyl groups is 1. The number of esters is 1. The maximum atomic E-state index is 13.3. The van der Waals surface area contributed by atoms with Crippen molar-refractivity contribution in [2.45, 2.75) is 38.6 Å². The van der Waals surface area contributed by atoms with Crippen molar-refractivity contribution in [3.8, 4) is 22.9 Å². The zero-order valence-corrected chi connectivity index (χ0v) is 17.0. The highest BCUT2D eigenvalue weighted by molar-refractivity contribution is 5.91. The van der Waals surface area contributed by atoms with E-state index in [2.05, 4.69) is 5.18 Å². The number of hydrogen-bond acceptors (Lipinski definition) is 9. The zero-order valence-electron chi connectivity index (χ0n) is 17.0. The fraction of sp³-hybridized carbons (Fsp3) is 0.318. The molecule has 10 nitrogen and oxygen atoms in total. The highest BCUT2D eigenvalue weighted by atomic mass is 16.7. The second-order valence-corrected chi connectivity index (χ2v) is 8.03. The van der Waals surface area contributed by atoms with Gasteiger partial charge in [0.15, 0.2) is 17.1 Å². The number of cyclic esters (lactones) is 1. The molecule has 3 aromatic rings. The van der Waals surface area contributed by atoms with Crippen LogP contribution >= 0.6 is 0 Å². The van der Waals surface area contributed by atoms with Crippen LogP contribution in [0.3, 0.4) is 0 Å². The number of carbonyl (C=O) groups excluding carboxylic acids is 1. The number of benzene rings is 1. The molecule has 0 radical (unpaired) electrons. The Bertz CT molecular complexity index is 1430. The molecule has 0 bridgehead atoms. The van der Waals surface area contributed by atoms with Crippen LogP contribution in [0.2, 0.25) is 0 Å². The van der Waals surface area contributed by atoms with Crippen molar-refractivity contribution in [2.24, 2.45) is 5.18 Å². The van der Waals surface area contributed by atoms with Gasteiger partial charge in [-0.05, 0) is 24.1 Å². The molecule has 6 rings (SSSR count). The first-order valence-corrected chi connectivity index (χ1v) is 10.2. The van der Waals surface area contributed by atoms with Crippen molar-refractivity contribution in [1.29, 1.82) is 0 Å². The third kappa shape index (κ3) is 2.29. The zero-order chi connectivity index (χ0) is 22.2. The van der Waals surface area contributed by atoms with Crippen LogP contribution < -0.4 is 15.0 Å². The normalized spacial score (nSPS) is 20.0. The number of ether oxygens (including phenoxy) is 3. The summed E-state index contributed by atoms with van der Waals surface area (Å²) in [6.07, 6.45) is 0.0590. The summed E-state index contributed by atoms with van der Waals surface area (Å²) in [5.41, 5.74) is 1.10. The van der Waals surface area contributed by atoms with E-state index < -0.39 is 11.6 Å². The Morgan fingerprint density at radius 3 is 2.69 bits per heavy atom. The van der Waals surface area contributed by atoms with Gasteiger partial charge in [-0.1, -0.05) is 12.1 Å². The van der Waals surface area contributed by atoms with E-state index in [1.165, 1.54) is 4.57 Å². The Kier molecular flexibility index (Phi) is 3.76. The summed E-state index contributed by atoms with van der Waals surface area (Å²) >= 11 is 0. The summed E-state index contributed by atoms with van der Waals surface area (Å²) in [5.74, 6) is 0.317. The lowest BCUT2D eigenvalue weighted by Gasteiger charge is -2.31. The number of carbonyl (C=O) groups is 1. The summed E-state index contributed by atoms with van der Waals surface area (Å²) in [6, 6.07) is 5.13. The molecule has 0 saturated heterocycles. The Balaban J connectivity index is 1.65. The van der Waals surface area contributed by atoms with Crippen LogP contribution in [0.5, 0.6) is 11.5 Å². The van der Waals surface area contributed by atoms with Crippen molar-refractivity contribution in [3.63, 3.8) is 0 Å². The molecular formula is C22H17N3O7. The minimum Gasteiger partial charge on any atom is -0.458 e. The van der Waals surface area contributed by atoms with Crippen LogP contribution in [-0.2, 0) is 34.8 Å². The van der Waals surface area contributed by atoms with Gasteiger partial charge in [-0.2, -0.15) is 4.91 Å². The molecule has 2 aromatic heterocycles. The number of pyridine rings is 2. The van der Waals surface area contributed by atoms with Gasteiger partial charge < -0.3 is 23.9 Å². The molecule has 5 heterocycles. The Morgan fingerprint density at radius 1 is 1.16 bits per heavy atom. The third-order valence-corrected chi connectivity index (χ3v) is 6.52. The number of hydrogen-bond donors (Lipinski definition) is 1. The van der Waals surface area contributed by atoms with Crippen LogP contribution in [0.1, 0.15) is 35.6 Å². The largest absolute Gasteiger partial charge is 0.458 e. The van der Waals surface area contributed by atoms with Crippen LogP contribution in [-0.4, -0.2) is 27.4 Å². The van der Waals surface area contributed by atoms with Gasteiger partial charge in [0, 0.05) is 22.6 Å². The van der Waals surface area contributed by atoms with E-state index in [0.29, 0.717) is 44.9 Å². The highest BCUT2D eigenvalue weighted by Crippen LogP contribution is 2.43. The van der Waals surface area contributed by atoms with E-state index in [0.717, 1.165) is 0 Å². The summed E-state index contributed by atoms with van der Waals surface area (Å²) in [7, 11) is 0. The van der Waals surface area contributed by atoms with Crippen LogP contribution in [0.4, 0.5) is 0 Å². The maximum Gasteiger partial charge on any atom is 0.343 e. The number of rotatable bonds is 3. The standard InChI is InChI=1S/C22H17N3O7/c1-2-22(28)14-4-16-19-12(7-25(16)20(26)13(14)8-30-21(22)27)11(6-23-29)10-3-17-18(32-9-31-17)5-15(10)24-19/h3-5,28H,2,6-9H2,1H3. The predicted octanol–water partition coefficient (Wildman–Crippen LogP) is 2.07. The molecule has 162 valence electrons. The summed E-state index contributed by atoms with van der Waals surface area (Å²) in [4.78, 5) is 41.7. The van der Waals surface area contributed by atoms with E-state index in [9.17, 15) is 19.6 Å². The van der Waals surface area contributed by atoms with Crippen LogP contribution in [0.25, 0.3) is 22.3 Å². The van der Waals surface area contributed by atoms with Crippen molar-refractivity contribution < 1.29 is 24.1 Å². The lowest BCUT2D eigenvalue weighted by Crippen LogP contribution is -2.44. The van der Waals surface area contributed by atoms with Gasteiger partial charge in [0.1, 0.15) is 13.2 Å². The lowest BCUT2D eigenvalue weighted by atomic mass is 9.86. The van der Waals surface area contributed by atoms with Gasteiger partial charge in [-0.3, -0.25) is 4.79 Å². The van der Waals surface area contributed by atoms with Crippen molar-refractivity contribution in [1.82, 2.24) is 9.55 Å². The quantitative estimate of drug-likeness (QED) is 0.382. The summed E-state index contributed by atoms with van der Waals surface area (Å²) in [6.45, 7) is 1.63. The van der Waals surface area contributed by atoms with Crippen molar-refractivity contribution in [2.75, 3.05) is 6.79 Å². The van der Waals surface area contributed by atoms with E-state index >= 15 is 0 Å². The first-order chi connectivity index (χ1) is 15.5. The number of nitrogens with zero attached hydrogens (tertiary/aromatic N) is 3. The average Bonchev–Trinajstić information content (AvgIpc) is 3.40. The Morgan fingerprint density at radius 2 is 1.94 bits per heavy atom. The van der Waals surface area contributed by atoms with Gasteiger partial charge in [0.2, 0.25) is 6.79 Å². The Labute approximate surface area is 180 Å². The number of fused-ring (bicyclic) bond motifs is 6. The van der Waals surface area contributed by atoms with Gasteiger partial charge in [0.05, 0.1) is 29.0 Å². The second-order valence-electron chi connectivity index (χ2n) is 8.03. The molecule has 3 aliphatic heterocycles. The van der Waals surface area contributed by atoms with Crippen molar-refractivity contribution >= 4 is 16.9 Å². The predicted molar refractivity (Wildman–Crippen MR) is 110 cm³/mol. The minimum atomic E-state index is -1.90. The SMILES string of the molecule is CCC1(O)C(=O)OCc2c1cc1n(c2=O)Cc2c-1nc1cc3c(cc1c2CN=O)OCO3. The molecule has 1 atom stereocenters. The monoisotopic (exact) mass is 435 g/mol. The number of nitroso groups, excluding NO2 is 1. The number of aromatic nitrogens is 2. The molecule has 1 N–H and O–H groups in total. The van der Waals surface area contributed by atoms with Crippen molar-refractivity contribution in [3.05, 3.63) is 55.7 Å². The Hall–Kier alpha value is -3.79. The molecule has 10 heteroatoms. The first-order valence-electron chi connectivity index (χ1n) is 10.2. The molecule has 0 saturated carbocycles. The first kappa shape index (κ1) is 18.9. The molecule has 0 spiro atoms. The summed E-state index contributed by atoms with van der Waals surface area (Å²) in [5, 5.41) is 14.8. The van der Waals surface area contributed by atoms with Gasteiger partial charge >= 0.3 is 5.97 Å². The fourth-order valence-corrected chi connectivity index (χ4v) is 4.80. The molecule has 1 unspecified atom stereocenters. The summed E-state index contributed by atoms with van der Waals surface area (Å²) < 4.78 is 17.5.